The molecule has 0 aromatic carbocycles. The maximum Gasteiger partial charge on any atom is 0.225 e. The highest BCUT2D eigenvalue weighted by atomic mass is 32.2. The van der Waals surface area contributed by atoms with E-state index in [1.165, 1.54) is 16.6 Å². The highest BCUT2D eigenvalue weighted by Crippen LogP contribution is 2.37. The molecule has 0 fully saturated rings. The Balaban J connectivity index is 1.59. The van der Waals surface area contributed by atoms with Gasteiger partial charge in [-0.25, -0.2) is 4.68 Å². The summed E-state index contributed by atoms with van der Waals surface area (Å²) in [6, 6.07) is 2.26. The van der Waals surface area contributed by atoms with E-state index in [-0.39, 0.29) is 5.91 Å². The fourth-order valence-corrected chi connectivity index (χ4v) is 4.58. The number of nitrogens with zero attached hydrogens (tertiary/aromatic N) is 5. The molecule has 0 saturated carbocycles. The Morgan fingerprint density at radius 3 is 3.04 bits per heavy atom. The number of nitriles is 1. The van der Waals surface area contributed by atoms with Crippen LogP contribution in [0.3, 0.4) is 0 Å². The van der Waals surface area contributed by atoms with Crippen molar-refractivity contribution < 1.29 is 4.79 Å². The largest absolute Gasteiger partial charge is 0.317 e. The standard InChI is InChI=1S/C14H16N6OS2/c1-20-14(17-18-19-20)22-7-6-12(21)16-13-10(8-15)9-4-2-3-5-11(9)23-13/h2-7H2,1H3,(H,16,21). The van der Waals surface area contributed by atoms with Gasteiger partial charge in [-0.1, -0.05) is 11.8 Å². The second-order valence-corrected chi connectivity index (χ2v) is 7.43. The number of carbonyl (C=O) groups is 1. The van der Waals surface area contributed by atoms with Gasteiger partial charge in [-0.3, -0.25) is 4.79 Å². The Hall–Kier alpha value is -1.92. The molecule has 23 heavy (non-hydrogen) atoms. The number of aromatic nitrogens is 4. The summed E-state index contributed by atoms with van der Waals surface area (Å²) in [5, 5.41) is 24.8. The quantitative estimate of drug-likeness (QED) is 0.832. The summed E-state index contributed by atoms with van der Waals surface area (Å²) in [5.74, 6) is 0.509. The summed E-state index contributed by atoms with van der Waals surface area (Å²) in [4.78, 5) is 13.4. The highest BCUT2D eigenvalue weighted by Gasteiger charge is 2.21. The molecule has 0 spiro atoms. The van der Waals surface area contributed by atoms with Crippen molar-refractivity contribution in [3.05, 3.63) is 16.0 Å². The van der Waals surface area contributed by atoms with Crippen molar-refractivity contribution in [1.82, 2.24) is 20.2 Å². The molecule has 7 nitrogen and oxygen atoms in total. The van der Waals surface area contributed by atoms with Gasteiger partial charge in [0.05, 0.1) is 5.56 Å². The second kappa shape index (κ2) is 7.10. The Morgan fingerprint density at radius 2 is 2.30 bits per heavy atom. The predicted octanol–water partition coefficient (Wildman–Crippen LogP) is 2.14. The number of thiophene rings is 1. The Morgan fingerprint density at radius 1 is 1.48 bits per heavy atom. The number of hydrogen-bond acceptors (Lipinski definition) is 7. The summed E-state index contributed by atoms with van der Waals surface area (Å²) in [5.41, 5.74) is 1.79. The minimum atomic E-state index is -0.0808. The van der Waals surface area contributed by atoms with Gasteiger partial charge < -0.3 is 5.32 Å². The third-order valence-electron chi connectivity index (χ3n) is 3.68. The molecular formula is C14H16N6OS2. The third kappa shape index (κ3) is 3.54. The summed E-state index contributed by atoms with van der Waals surface area (Å²) < 4.78 is 1.57. The average Bonchev–Trinajstić information content (AvgIpc) is 3.10. The number of rotatable bonds is 5. The van der Waals surface area contributed by atoms with Crippen LogP contribution in [-0.4, -0.2) is 31.9 Å². The van der Waals surface area contributed by atoms with E-state index in [0.717, 1.165) is 31.2 Å². The molecule has 1 aliphatic rings. The summed E-state index contributed by atoms with van der Waals surface area (Å²) in [6.07, 6.45) is 4.59. The lowest BCUT2D eigenvalue weighted by molar-refractivity contribution is -0.115. The zero-order valence-electron chi connectivity index (χ0n) is 12.7. The van der Waals surface area contributed by atoms with Crippen LogP contribution in [0.1, 0.15) is 35.3 Å². The van der Waals surface area contributed by atoms with E-state index in [4.69, 9.17) is 0 Å². The lowest BCUT2D eigenvalue weighted by Crippen LogP contribution is -2.12. The van der Waals surface area contributed by atoms with Gasteiger partial charge in [0.15, 0.2) is 0 Å². The number of thioether (sulfide) groups is 1. The zero-order valence-corrected chi connectivity index (χ0v) is 14.3. The molecular weight excluding hydrogens is 332 g/mol. The van der Waals surface area contributed by atoms with Crippen molar-refractivity contribution in [3.8, 4) is 6.07 Å². The number of amides is 1. The Bertz CT molecular complexity index is 760. The van der Waals surface area contributed by atoms with Crippen LogP contribution < -0.4 is 5.32 Å². The van der Waals surface area contributed by atoms with Crippen molar-refractivity contribution in [2.24, 2.45) is 7.05 Å². The zero-order chi connectivity index (χ0) is 16.2. The van der Waals surface area contributed by atoms with Crippen LogP contribution in [0.5, 0.6) is 0 Å². The Kier molecular flexibility index (Phi) is 4.93. The number of anilines is 1. The van der Waals surface area contributed by atoms with E-state index in [0.29, 0.717) is 27.9 Å². The minimum absolute atomic E-state index is 0.0808. The van der Waals surface area contributed by atoms with Gasteiger partial charge in [0.1, 0.15) is 11.1 Å². The van der Waals surface area contributed by atoms with E-state index in [1.807, 2.05) is 0 Å². The summed E-state index contributed by atoms with van der Waals surface area (Å²) in [6.45, 7) is 0. The van der Waals surface area contributed by atoms with Crippen LogP contribution in [0.15, 0.2) is 5.16 Å². The van der Waals surface area contributed by atoms with Crippen molar-refractivity contribution in [2.45, 2.75) is 37.3 Å². The molecule has 0 bridgehead atoms. The van der Waals surface area contributed by atoms with Crippen molar-refractivity contribution in [2.75, 3.05) is 11.1 Å². The fourth-order valence-electron chi connectivity index (χ4n) is 2.54. The smallest absolute Gasteiger partial charge is 0.225 e. The topological polar surface area (TPSA) is 96.5 Å². The maximum atomic E-state index is 12.1. The second-order valence-electron chi connectivity index (χ2n) is 5.26. The normalized spacial score (nSPS) is 13.4. The van der Waals surface area contributed by atoms with E-state index < -0.39 is 0 Å². The first-order valence-electron chi connectivity index (χ1n) is 7.38. The molecule has 0 aliphatic heterocycles. The number of aryl methyl sites for hydroxylation is 2. The van der Waals surface area contributed by atoms with Crippen LogP contribution >= 0.6 is 23.1 Å². The van der Waals surface area contributed by atoms with Gasteiger partial charge >= 0.3 is 0 Å². The van der Waals surface area contributed by atoms with Gasteiger partial charge in [0.2, 0.25) is 11.1 Å². The van der Waals surface area contributed by atoms with Crippen LogP contribution in [-0.2, 0) is 24.7 Å². The highest BCUT2D eigenvalue weighted by molar-refractivity contribution is 7.99. The van der Waals surface area contributed by atoms with Crippen molar-refractivity contribution >= 4 is 34.0 Å². The summed E-state index contributed by atoms with van der Waals surface area (Å²) >= 11 is 2.99. The number of tetrazole rings is 1. The molecule has 0 unspecified atom stereocenters. The van der Waals surface area contributed by atoms with Crippen molar-refractivity contribution in [1.29, 1.82) is 5.26 Å². The van der Waals surface area contributed by atoms with Crippen LogP contribution in [0.4, 0.5) is 5.00 Å². The molecule has 3 rings (SSSR count). The van der Waals surface area contributed by atoms with E-state index in [1.54, 1.807) is 23.1 Å². The molecule has 1 aliphatic carbocycles. The summed E-state index contributed by atoms with van der Waals surface area (Å²) in [7, 11) is 1.76. The molecule has 2 heterocycles. The monoisotopic (exact) mass is 348 g/mol. The molecule has 0 atom stereocenters. The first kappa shape index (κ1) is 16.0. The predicted molar refractivity (Wildman–Crippen MR) is 88.4 cm³/mol. The first-order chi connectivity index (χ1) is 11.2. The first-order valence-corrected chi connectivity index (χ1v) is 9.19. The molecule has 0 saturated heterocycles. The SMILES string of the molecule is Cn1nnnc1SCCC(=O)Nc1sc2c(c1C#N)CCCC2. The molecule has 0 radical (unpaired) electrons. The van der Waals surface area contributed by atoms with E-state index >= 15 is 0 Å². The molecule has 2 aromatic rings. The average molecular weight is 348 g/mol. The fraction of sp³-hybridized carbons (Fsp3) is 0.500. The molecule has 1 amide bonds. The van der Waals surface area contributed by atoms with E-state index in [9.17, 15) is 10.1 Å². The van der Waals surface area contributed by atoms with Gasteiger partial charge in [-0.05, 0) is 41.7 Å². The molecule has 2 aromatic heterocycles. The lowest BCUT2D eigenvalue weighted by atomic mass is 9.96. The maximum absolute atomic E-state index is 12.1. The number of nitrogens with one attached hydrogen (secondary N) is 1. The number of fused-ring (bicyclic) bond motifs is 1. The van der Waals surface area contributed by atoms with Crippen molar-refractivity contribution in [3.63, 3.8) is 0 Å². The molecule has 9 heteroatoms. The number of hydrogen-bond donors (Lipinski definition) is 1. The van der Waals surface area contributed by atoms with Gasteiger partial charge in [0.25, 0.3) is 0 Å². The molecule has 120 valence electrons. The van der Waals surface area contributed by atoms with Gasteiger partial charge in [-0.2, -0.15) is 5.26 Å². The van der Waals surface area contributed by atoms with Gasteiger partial charge in [-0.15, -0.1) is 16.4 Å². The van der Waals surface area contributed by atoms with Crippen LogP contribution in [0.25, 0.3) is 0 Å². The minimum Gasteiger partial charge on any atom is -0.317 e. The van der Waals surface area contributed by atoms with E-state index in [2.05, 4.69) is 26.9 Å². The van der Waals surface area contributed by atoms with Crippen LogP contribution in [0, 0.1) is 11.3 Å². The van der Waals surface area contributed by atoms with Crippen LogP contribution in [0.2, 0.25) is 0 Å². The van der Waals surface area contributed by atoms with Gasteiger partial charge in [0, 0.05) is 24.1 Å². The lowest BCUT2D eigenvalue weighted by Gasteiger charge is -2.09. The third-order valence-corrected chi connectivity index (χ3v) is 5.90. The molecule has 1 N–H and O–H groups in total. The number of carbonyl (C=O) groups excluding carboxylic acids is 1. The Labute approximate surface area is 142 Å².